The molecule has 0 spiro atoms. The summed E-state index contributed by atoms with van der Waals surface area (Å²) in [5.41, 5.74) is 2.49. The number of likely N-dealkylation sites (N-methyl/N-ethyl adjacent to an activating group) is 1. The lowest BCUT2D eigenvalue weighted by atomic mass is 9.99. The fraction of sp³-hybridized carbons (Fsp3) is 0.333. The highest BCUT2D eigenvalue weighted by Crippen LogP contribution is 2.23. The summed E-state index contributed by atoms with van der Waals surface area (Å²) >= 11 is 5.94. The minimum Gasteiger partial charge on any atom is -0.491 e. The summed E-state index contributed by atoms with van der Waals surface area (Å²) in [6.45, 7) is 4.08. The topological polar surface area (TPSA) is 21.3 Å². The number of benzene rings is 2. The molecular weight excluding hydrogens is 282 g/mol. The van der Waals surface area contributed by atoms with Gasteiger partial charge in [-0.15, -0.1) is 0 Å². The third kappa shape index (κ3) is 4.76. The van der Waals surface area contributed by atoms with E-state index in [-0.39, 0.29) is 12.1 Å². The molecule has 0 fully saturated rings. The van der Waals surface area contributed by atoms with Gasteiger partial charge < -0.3 is 10.1 Å². The zero-order valence-corrected chi connectivity index (χ0v) is 13.5. The molecule has 2 aromatic rings. The second-order valence-corrected chi connectivity index (χ2v) is 5.85. The van der Waals surface area contributed by atoms with Crippen molar-refractivity contribution in [3.8, 4) is 5.75 Å². The van der Waals surface area contributed by atoms with Crippen molar-refractivity contribution in [2.45, 2.75) is 32.4 Å². The lowest BCUT2D eigenvalue weighted by Crippen LogP contribution is -2.19. The number of nitrogens with one attached hydrogen (secondary N) is 1. The van der Waals surface area contributed by atoms with Gasteiger partial charge in [0.05, 0.1) is 6.10 Å². The Balaban J connectivity index is 2.15. The van der Waals surface area contributed by atoms with Crippen LogP contribution in [0.15, 0.2) is 48.5 Å². The maximum absolute atomic E-state index is 5.94. The van der Waals surface area contributed by atoms with Crippen LogP contribution in [0.2, 0.25) is 5.02 Å². The van der Waals surface area contributed by atoms with Gasteiger partial charge in [-0.25, -0.2) is 0 Å². The van der Waals surface area contributed by atoms with Crippen molar-refractivity contribution in [3.63, 3.8) is 0 Å². The fourth-order valence-corrected chi connectivity index (χ4v) is 2.45. The van der Waals surface area contributed by atoms with Gasteiger partial charge in [0.25, 0.3) is 0 Å². The molecule has 3 heteroatoms. The summed E-state index contributed by atoms with van der Waals surface area (Å²) in [7, 11) is 1.98. The van der Waals surface area contributed by atoms with E-state index in [0.29, 0.717) is 0 Å². The summed E-state index contributed by atoms with van der Waals surface area (Å²) in [6, 6.07) is 16.5. The van der Waals surface area contributed by atoms with E-state index in [4.69, 9.17) is 16.3 Å². The predicted octanol–water partition coefficient (Wildman–Crippen LogP) is 4.63. The normalized spacial score (nSPS) is 12.4. The van der Waals surface area contributed by atoms with E-state index in [1.807, 2.05) is 45.2 Å². The molecule has 0 aromatic heterocycles. The van der Waals surface area contributed by atoms with Crippen molar-refractivity contribution in [1.82, 2.24) is 5.32 Å². The van der Waals surface area contributed by atoms with Gasteiger partial charge in [-0.05, 0) is 62.7 Å². The molecule has 0 amide bonds. The van der Waals surface area contributed by atoms with Crippen LogP contribution in [0.3, 0.4) is 0 Å². The monoisotopic (exact) mass is 303 g/mol. The Morgan fingerprint density at radius 3 is 2.43 bits per heavy atom. The zero-order chi connectivity index (χ0) is 15.2. The van der Waals surface area contributed by atoms with Crippen LogP contribution >= 0.6 is 11.6 Å². The van der Waals surface area contributed by atoms with E-state index in [0.717, 1.165) is 17.2 Å². The van der Waals surface area contributed by atoms with Crippen LogP contribution in [-0.4, -0.2) is 13.2 Å². The number of ether oxygens (including phenoxy) is 1. The molecule has 2 aromatic carbocycles. The Bertz CT molecular complexity index is 566. The van der Waals surface area contributed by atoms with Crippen molar-refractivity contribution in [2.24, 2.45) is 0 Å². The number of halogens is 1. The van der Waals surface area contributed by atoms with Gasteiger partial charge in [0.1, 0.15) is 5.75 Å². The quantitative estimate of drug-likeness (QED) is 0.840. The molecule has 0 saturated heterocycles. The molecule has 2 nitrogen and oxygen atoms in total. The van der Waals surface area contributed by atoms with Crippen molar-refractivity contribution in [1.29, 1.82) is 0 Å². The van der Waals surface area contributed by atoms with Gasteiger partial charge in [0, 0.05) is 11.1 Å². The number of hydrogen-bond donors (Lipinski definition) is 1. The molecule has 1 N–H and O–H groups in total. The van der Waals surface area contributed by atoms with E-state index in [1.165, 1.54) is 11.1 Å². The summed E-state index contributed by atoms with van der Waals surface area (Å²) in [6.07, 6.45) is 1.10. The van der Waals surface area contributed by atoms with Crippen LogP contribution in [0, 0.1) is 0 Å². The first-order valence-electron chi connectivity index (χ1n) is 7.27. The fourth-order valence-electron chi connectivity index (χ4n) is 2.32. The van der Waals surface area contributed by atoms with Gasteiger partial charge >= 0.3 is 0 Å². The molecule has 0 saturated carbocycles. The van der Waals surface area contributed by atoms with Crippen molar-refractivity contribution >= 4 is 11.6 Å². The minimum absolute atomic E-state index is 0.185. The first-order valence-corrected chi connectivity index (χ1v) is 7.64. The summed E-state index contributed by atoms with van der Waals surface area (Å²) < 4.78 is 5.77. The van der Waals surface area contributed by atoms with Crippen molar-refractivity contribution in [3.05, 3.63) is 64.7 Å². The standard InChI is InChI=1S/C18H22ClNO/c1-13(2)21-17-6-4-5-15(12-17)18(20-3)11-14-7-9-16(19)10-8-14/h4-10,12-13,18,20H,11H2,1-3H3. The molecule has 1 atom stereocenters. The Hall–Kier alpha value is -1.51. The third-order valence-corrected chi connectivity index (χ3v) is 3.59. The van der Waals surface area contributed by atoms with Crippen molar-refractivity contribution in [2.75, 3.05) is 7.05 Å². The van der Waals surface area contributed by atoms with Gasteiger partial charge in [0.2, 0.25) is 0 Å². The second-order valence-electron chi connectivity index (χ2n) is 5.41. The van der Waals surface area contributed by atoms with Crippen LogP contribution in [0.4, 0.5) is 0 Å². The molecule has 0 heterocycles. The van der Waals surface area contributed by atoms with Crippen LogP contribution in [0.1, 0.15) is 31.0 Å². The molecule has 21 heavy (non-hydrogen) atoms. The maximum atomic E-state index is 5.94. The van der Waals surface area contributed by atoms with E-state index in [9.17, 15) is 0 Å². The highest BCUT2D eigenvalue weighted by molar-refractivity contribution is 6.30. The molecule has 0 radical (unpaired) electrons. The minimum atomic E-state index is 0.185. The largest absolute Gasteiger partial charge is 0.491 e. The lowest BCUT2D eigenvalue weighted by molar-refractivity contribution is 0.242. The second kappa shape index (κ2) is 7.48. The van der Waals surface area contributed by atoms with E-state index in [1.54, 1.807) is 0 Å². The smallest absolute Gasteiger partial charge is 0.120 e. The summed E-state index contributed by atoms with van der Waals surface area (Å²) in [5, 5.41) is 4.14. The SMILES string of the molecule is CNC(Cc1ccc(Cl)cc1)c1cccc(OC(C)C)c1. The molecule has 0 bridgehead atoms. The Labute approximate surface area is 132 Å². The van der Waals surface area contributed by atoms with E-state index in [2.05, 4.69) is 29.6 Å². The molecule has 1 unspecified atom stereocenters. The average molecular weight is 304 g/mol. The van der Waals surface area contributed by atoms with Gasteiger partial charge in [-0.3, -0.25) is 0 Å². The lowest BCUT2D eigenvalue weighted by Gasteiger charge is -2.18. The zero-order valence-electron chi connectivity index (χ0n) is 12.8. The third-order valence-electron chi connectivity index (χ3n) is 3.33. The van der Waals surface area contributed by atoms with Crippen molar-refractivity contribution < 1.29 is 4.74 Å². The highest BCUT2D eigenvalue weighted by atomic mass is 35.5. The Kier molecular flexibility index (Phi) is 5.66. The Morgan fingerprint density at radius 2 is 1.81 bits per heavy atom. The van der Waals surface area contributed by atoms with E-state index < -0.39 is 0 Å². The van der Waals surface area contributed by atoms with Gasteiger partial charge in [0.15, 0.2) is 0 Å². The molecule has 0 aliphatic heterocycles. The first-order chi connectivity index (χ1) is 10.1. The molecular formula is C18H22ClNO. The number of hydrogen-bond acceptors (Lipinski definition) is 2. The highest BCUT2D eigenvalue weighted by Gasteiger charge is 2.11. The number of rotatable bonds is 6. The van der Waals surface area contributed by atoms with Gasteiger partial charge in [-0.2, -0.15) is 0 Å². The van der Waals surface area contributed by atoms with Gasteiger partial charge in [-0.1, -0.05) is 35.9 Å². The van der Waals surface area contributed by atoms with Crippen LogP contribution in [0.25, 0.3) is 0 Å². The molecule has 112 valence electrons. The summed E-state index contributed by atoms with van der Waals surface area (Å²) in [4.78, 5) is 0. The molecule has 0 aliphatic carbocycles. The average Bonchev–Trinajstić information content (AvgIpc) is 2.46. The molecule has 0 aliphatic rings. The van der Waals surface area contributed by atoms with E-state index >= 15 is 0 Å². The first kappa shape index (κ1) is 15.9. The van der Waals surface area contributed by atoms with Crippen LogP contribution in [0.5, 0.6) is 5.75 Å². The molecule has 2 rings (SSSR count). The maximum Gasteiger partial charge on any atom is 0.120 e. The predicted molar refractivity (Wildman–Crippen MR) is 89.2 cm³/mol. The van der Waals surface area contributed by atoms with Crippen LogP contribution in [-0.2, 0) is 6.42 Å². The Morgan fingerprint density at radius 1 is 1.10 bits per heavy atom. The summed E-state index contributed by atoms with van der Waals surface area (Å²) in [5.74, 6) is 0.916. The van der Waals surface area contributed by atoms with Crippen LogP contribution < -0.4 is 10.1 Å².